The van der Waals surface area contributed by atoms with Crippen LogP contribution in [0.2, 0.25) is 0 Å². The molecule has 0 bridgehead atoms. The van der Waals surface area contributed by atoms with Crippen LogP contribution >= 0.6 is 15.9 Å². The Labute approximate surface area is 114 Å². The van der Waals surface area contributed by atoms with Crippen LogP contribution in [0.1, 0.15) is 15.9 Å². The summed E-state index contributed by atoms with van der Waals surface area (Å²) < 4.78 is 0.861. The van der Waals surface area contributed by atoms with Gasteiger partial charge in [0.15, 0.2) is 0 Å². The van der Waals surface area contributed by atoms with E-state index in [4.69, 9.17) is 5.73 Å². The second-order valence-corrected chi connectivity index (χ2v) is 4.92. The zero-order valence-corrected chi connectivity index (χ0v) is 11.5. The second kappa shape index (κ2) is 5.23. The number of nitrogen functional groups attached to an aromatic ring is 1. The van der Waals surface area contributed by atoms with Gasteiger partial charge in [-0.25, -0.2) is 0 Å². The van der Waals surface area contributed by atoms with Crippen molar-refractivity contribution in [2.75, 3.05) is 11.1 Å². The fourth-order valence-electron chi connectivity index (χ4n) is 1.60. The maximum absolute atomic E-state index is 12.0. The molecular weight excluding hydrogens is 292 g/mol. The van der Waals surface area contributed by atoms with Crippen LogP contribution in [-0.2, 0) is 0 Å². The fourth-order valence-corrected chi connectivity index (χ4v) is 2.19. The predicted molar refractivity (Wildman–Crippen MR) is 77.7 cm³/mol. The summed E-state index contributed by atoms with van der Waals surface area (Å²) in [7, 11) is 0. The fraction of sp³-hybridized carbons (Fsp3) is 0.0714. The van der Waals surface area contributed by atoms with Gasteiger partial charge in [0.25, 0.3) is 5.91 Å². The molecule has 3 N–H and O–H groups in total. The lowest BCUT2D eigenvalue weighted by Crippen LogP contribution is -2.12. The van der Waals surface area contributed by atoms with Gasteiger partial charge in [-0.3, -0.25) is 4.79 Å². The van der Waals surface area contributed by atoms with Crippen LogP contribution in [0.5, 0.6) is 0 Å². The number of amides is 1. The van der Waals surface area contributed by atoms with E-state index in [2.05, 4.69) is 21.2 Å². The van der Waals surface area contributed by atoms with E-state index in [1.165, 1.54) is 0 Å². The topological polar surface area (TPSA) is 55.1 Å². The zero-order chi connectivity index (χ0) is 13.1. The summed E-state index contributed by atoms with van der Waals surface area (Å²) in [5.74, 6) is -0.174. The smallest absolute Gasteiger partial charge is 0.255 e. The van der Waals surface area contributed by atoms with Crippen molar-refractivity contribution in [3.8, 4) is 0 Å². The van der Waals surface area contributed by atoms with Crippen LogP contribution in [0.4, 0.5) is 11.4 Å². The number of carbonyl (C=O) groups is 1. The molecule has 0 unspecified atom stereocenters. The molecule has 3 nitrogen and oxygen atoms in total. The summed E-state index contributed by atoms with van der Waals surface area (Å²) in [6, 6.07) is 12.6. The SMILES string of the molecule is Cc1ccc(NC(=O)c2cccc(N)c2)c(Br)c1. The van der Waals surface area contributed by atoms with Gasteiger partial charge in [-0.05, 0) is 58.7 Å². The third-order valence-corrected chi connectivity index (χ3v) is 3.18. The summed E-state index contributed by atoms with van der Waals surface area (Å²) in [6.45, 7) is 1.99. The monoisotopic (exact) mass is 304 g/mol. The molecular formula is C14H13BrN2O. The Morgan fingerprint density at radius 3 is 2.67 bits per heavy atom. The van der Waals surface area contributed by atoms with Crippen LogP contribution in [0.15, 0.2) is 46.9 Å². The quantitative estimate of drug-likeness (QED) is 0.833. The van der Waals surface area contributed by atoms with E-state index in [1.807, 2.05) is 25.1 Å². The molecule has 0 heterocycles. The van der Waals surface area contributed by atoms with Crippen LogP contribution in [-0.4, -0.2) is 5.91 Å². The Kier molecular flexibility index (Phi) is 3.67. The van der Waals surface area contributed by atoms with Crippen molar-refractivity contribution in [1.29, 1.82) is 0 Å². The number of hydrogen-bond donors (Lipinski definition) is 2. The van der Waals surface area contributed by atoms with Gasteiger partial charge in [0.05, 0.1) is 5.69 Å². The van der Waals surface area contributed by atoms with Gasteiger partial charge in [-0.2, -0.15) is 0 Å². The lowest BCUT2D eigenvalue weighted by molar-refractivity contribution is 0.102. The summed E-state index contributed by atoms with van der Waals surface area (Å²) in [5, 5.41) is 2.84. The first kappa shape index (κ1) is 12.6. The summed E-state index contributed by atoms with van der Waals surface area (Å²) in [4.78, 5) is 12.0. The van der Waals surface area contributed by atoms with Crippen LogP contribution in [0.3, 0.4) is 0 Å². The van der Waals surface area contributed by atoms with Crippen molar-refractivity contribution in [3.05, 3.63) is 58.1 Å². The van der Waals surface area contributed by atoms with Crippen molar-refractivity contribution in [3.63, 3.8) is 0 Å². The number of benzene rings is 2. The standard InChI is InChI=1S/C14H13BrN2O/c1-9-5-6-13(12(15)7-9)17-14(18)10-3-2-4-11(16)8-10/h2-8H,16H2,1H3,(H,17,18). The van der Waals surface area contributed by atoms with Crippen molar-refractivity contribution >= 4 is 33.2 Å². The van der Waals surface area contributed by atoms with E-state index >= 15 is 0 Å². The minimum atomic E-state index is -0.174. The van der Waals surface area contributed by atoms with Crippen LogP contribution in [0.25, 0.3) is 0 Å². The van der Waals surface area contributed by atoms with Gasteiger partial charge in [-0.1, -0.05) is 12.1 Å². The van der Waals surface area contributed by atoms with E-state index in [0.29, 0.717) is 11.3 Å². The molecule has 0 spiro atoms. The molecule has 0 aliphatic carbocycles. The zero-order valence-electron chi connectivity index (χ0n) is 9.91. The molecule has 92 valence electrons. The Hall–Kier alpha value is -1.81. The highest BCUT2D eigenvalue weighted by molar-refractivity contribution is 9.10. The van der Waals surface area contributed by atoms with Gasteiger partial charge < -0.3 is 11.1 Å². The van der Waals surface area contributed by atoms with Crippen molar-refractivity contribution in [1.82, 2.24) is 0 Å². The third-order valence-electron chi connectivity index (χ3n) is 2.52. The number of anilines is 2. The summed E-state index contributed by atoms with van der Waals surface area (Å²) >= 11 is 3.42. The van der Waals surface area contributed by atoms with Crippen molar-refractivity contribution in [2.45, 2.75) is 6.92 Å². The van der Waals surface area contributed by atoms with E-state index in [1.54, 1.807) is 24.3 Å². The average molecular weight is 305 g/mol. The predicted octanol–water partition coefficient (Wildman–Crippen LogP) is 3.59. The molecule has 0 aliphatic rings. The first-order valence-electron chi connectivity index (χ1n) is 5.49. The number of aryl methyl sites for hydroxylation is 1. The highest BCUT2D eigenvalue weighted by atomic mass is 79.9. The summed E-state index contributed by atoms with van der Waals surface area (Å²) in [6.07, 6.45) is 0. The van der Waals surface area contributed by atoms with E-state index < -0.39 is 0 Å². The van der Waals surface area contributed by atoms with Crippen LogP contribution in [0, 0.1) is 6.92 Å². The number of hydrogen-bond acceptors (Lipinski definition) is 2. The maximum atomic E-state index is 12.0. The van der Waals surface area contributed by atoms with Gasteiger partial charge in [-0.15, -0.1) is 0 Å². The minimum absolute atomic E-state index is 0.174. The van der Waals surface area contributed by atoms with Gasteiger partial charge in [0, 0.05) is 15.7 Å². The van der Waals surface area contributed by atoms with Crippen molar-refractivity contribution < 1.29 is 4.79 Å². The van der Waals surface area contributed by atoms with E-state index in [9.17, 15) is 4.79 Å². The van der Waals surface area contributed by atoms with E-state index in [0.717, 1.165) is 15.7 Å². The molecule has 0 aromatic heterocycles. The molecule has 0 aliphatic heterocycles. The number of rotatable bonds is 2. The first-order chi connectivity index (χ1) is 8.56. The van der Waals surface area contributed by atoms with Gasteiger partial charge >= 0.3 is 0 Å². The number of halogens is 1. The van der Waals surface area contributed by atoms with Gasteiger partial charge in [0.1, 0.15) is 0 Å². The number of nitrogens with one attached hydrogen (secondary N) is 1. The molecule has 2 aromatic carbocycles. The Balaban J connectivity index is 2.21. The molecule has 18 heavy (non-hydrogen) atoms. The van der Waals surface area contributed by atoms with E-state index in [-0.39, 0.29) is 5.91 Å². The molecule has 2 rings (SSSR count). The first-order valence-corrected chi connectivity index (χ1v) is 6.28. The highest BCUT2D eigenvalue weighted by Gasteiger charge is 2.08. The molecule has 0 saturated heterocycles. The lowest BCUT2D eigenvalue weighted by atomic mass is 10.1. The molecule has 0 saturated carbocycles. The minimum Gasteiger partial charge on any atom is -0.399 e. The second-order valence-electron chi connectivity index (χ2n) is 4.06. The molecule has 1 amide bonds. The molecule has 0 atom stereocenters. The Bertz CT molecular complexity index is 596. The average Bonchev–Trinajstić information content (AvgIpc) is 2.32. The molecule has 0 fully saturated rings. The number of carbonyl (C=O) groups excluding carboxylic acids is 1. The van der Waals surface area contributed by atoms with Crippen LogP contribution < -0.4 is 11.1 Å². The molecule has 0 radical (unpaired) electrons. The van der Waals surface area contributed by atoms with Crippen molar-refractivity contribution in [2.24, 2.45) is 0 Å². The molecule has 2 aromatic rings. The maximum Gasteiger partial charge on any atom is 0.255 e. The Morgan fingerprint density at radius 1 is 1.22 bits per heavy atom. The largest absolute Gasteiger partial charge is 0.399 e. The normalized spacial score (nSPS) is 10.1. The molecule has 4 heteroatoms. The number of nitrogens with two attached hydrogens (primary N) is 1. The Morgan fingerprint density at radius 2 is 2.00 bits per heavy atom. The lowest BCUT2D eigenvalue weighted by Gasteiger charge is -2.08. The highest BCUT2D eigenvalue weighted by Crippen LogP contribution is 2.24. The summed E-state index contributed by atoms with van der Waals surface area (Å²) in [5.41, 5.74) is 8.64. The van der Waals surface area contributed by atoms with Gasteiger partial charge in [0.2, 0.25) is 0 Å². The third kappa shape index (κ3) is 2.90.